The van der Waals surface area contributed by atoms with Crippen LogP contribution in [0.25, 0.3) is 0 Å². The predicted octanol–water partition coefficient (Wildman–Crippen LogP) is 3.33. The van der Waals surface area contributed by atoms with Crippen molar-refractivity contribution in [3.63, 3.8) is 0 Å². The normalized spacial score (nSPS) is 24.1. The van der Waals surface area contributed by atoms with Crippen LogP contribution in [0.2, 0.25) is 0 Å². The van der Waals surface area contributed by atoms with Crippen molar-refractivity contribution in [1.82, 2.24) is 4.90 Å². The number of benzene rings is 2. The van der Waals surface area contributed by atoms with Crippen LogP contribution in [0.15, 0.2) is 42.5 Å². The number of fused-ring (bicyclic) bond motifs is 2. The number of hydrogen-bond acceptors (Lipinski definition) is 8. The van der Waals surface area contributed by atoms with E-state index in [0.717, 1.165) is 6.42 Å². The third-order valence-electron chi connectivity index (χ3n) is 6.51. The summed E-state index contributed by atoms with van der Waals surface area (Å²) in [5.74, 6) is 0.408. The lowest BCUT2D eigenvalue weighted by Crippen LogP contribution is -2.46. The topological polar surface area (TPSA) is 83.5 Å². The van der Waals surface area contributed by atoms with Crippen molar-refractivity contribution in [2.24, 2.45) is 0 Å². The monoisotopic (exact) mass is 455 g/mol. The first-order valence-corrected chi connectivity index (χ1v) is 10.9. The Bertz CT molecular complexity index is 984. The minimum absolute atomic E-state index is 0.00541. The van der Waals surface area contributed by atoms with Gasteiger partial charge in [-0.3, -0.25) is 4.90 Å². The molecule has 2 aliphatic rings. The fraction of sp³-hybridized carbons (Fsp3) is 0.440. The number of rotatable bonds is 7. The summed E-state index contributed by atoms with van der Waals surface area (Å²) in [5, 5.41) is 0. The van der Waals surface area contributed by atoms with Gasteiger partial charge in [0.2, 0.25) is 5.75 Å². The third kappa shape index (κ3) is 4.61. The Morgan fingerprint density at radius 1 is 0.818 bits per heavy atom. The van der Waals surface area contributed by atoms with Crippen LogP contribution in [0.4, 0.5) is 0 Å². The van der Waals surface area contributed by atoms with Crippen molar-refractivity contribution in [3.05, 3.63) is 53.6 Å². The van der Waals surface area contributed by atoms with Crippen LogP contribution in [0.1, 0.15) is 40.0 Å². The molecule has 0 unspecified atom stereocenters. The molecule has 0 saturated carbocycles. The van der Waals surface area contributed by atoms with Crippen LogP contribution in [0.3, 0.4) is 0 Å². The minimum Gasteiger partial charge on any atom is -0.493 e. The van der Waals surface area contributed by atoms with E-state index in [1.807, 2.05) is 25.2 Å². The summed E-state index contributed by atoms with van der Waals surface area (Å²) in [5.41, 5.74) is 0.856. The summed E-state index contributed by atoms with van der Waals surface area (Å²) in [7, 11) is 6.53. The zero-order valence-electron chi connectivity index (χ0n) is 19.3. The highest BCUT2D eigenvalue weighted by Gasteiger charge is 2.48. The summed E-state index contributed by atoms with van der Waals surface area (Å²) in [6, 6.07) is 12.3. The second kappa shape index (κ2) is 9.70. The summed E-state index contributed by atoms with van der Waals surface area (Å²) in [4.78, 5) is 27.7. The first-order valence-electron chi connectivity index (χ1n) is 10.9. The van der Waals surface area contributed by atoms with E-state index in [1.54, 1.807) is 24.3 Å². The van der Waals surface area contributed by atoms with Gasteiger partial charge < -0.3 is 23.7 Å². The molecule has 176 valence electrons. The van der Waals surface area contributed by atoms with Crippen LogP contribution in [-0.4, -0.2) is 69.5 Å². The maximum Gasteiger partial charge on any atom is 0.338 e. The lowest BCUT2D eigenvalue weighted by atomic mass is 10.00. The number of likely N-dealkylation sites (N-methyl/N-ethyl adjacent to an activating group) is 1. The highest BCUT2D eigenvalue weighted by atomic mass is 16.6. The fourth-order valence-corrected chi connectivity index (χ4v) is 4.80. The number of nitrogens with zero attached hydrogens (tertiary/aromatic N) is 1. The molecule has 4 atom stereocenters. The van der Waals surface area contributed by atoms with Gasteiger partial charge in [-0.05, 0) is 31.3 Å². The highest BCUT2D eigenvalue weighted by Crippen LogP contribution is 2.40. The largest absolute Gasteiger partial charge is 0.493 e. The van der Waals surface area contributed by atoms with Crippen LogP contribution in [0.5, 0.6) is 17.2 Å². The van der Waals surface area contributed by atoms with Crippen LogP contribution in [0, 0.1) is 0 Å². The third-order valence-corrected chi connectivity index (χ3v) is 6.51. The van der Waals surface area contributed by atoms with E-state index < -0.39 is 5.97 Å². The molecule has 8 heteroatoms. The molecule has 0 aliphatic carbocycles. The number of piperidine rings is 1. The Hall–Kier alpha value is -3.26. The summed E-state index contributed by atoms with van der Waals surface area (Å²) in [6.45, 7) is 0. The molecule has 0 N–H and O–H groups in total. The summed E-state index contributed by atoms with van der Waals surface area (Å²) < 4.78 is 27.7. The van der Waals surface area contributed by atoms with Gasteiger partial charge >= 0.3 is 11.9 Å². The number of ether oxygens (including phenoxy) is 5. The van der Waals surface area contributed by atoms with E-state index in [0.29, 0.717) is 41.2 Å². The van der Waals surface area contributed by atoms with Gasteiger partial charge in [0.15, 0.2) is 11.5 Å². The van der Waals surface area contributed by atoms with Gasteiger partial charge in [-0.15, -0.1) is 0 Å². The quantitative estimate of drug-likeness (QED) is 0.588. The average Bonchev–Trinajstić information content (AvgIpc) is 3.00. The van der Waals surface area contributed by atoms with Gasteiger partial charge in [0.1, 0.15) is 12.2 Å². The Morgan fingerprint density at radius 2 is 1.45 bits per heavy atom. The summed E-state index contributed by atoms with van der Waals surface area (Å²) in [6.07, 6.45) is 1.48. The Kier molecular flexibility index (Phi) is 6.74. The van der Waals surface area contributed by atoms with E-state index in [1.165, 1.54) is 21.3 Å². The zero-order chi connectivity index (χ0) is 23.5. The smallest absolute Gasteiger partial charge is 0.338 e. The lowest BCUT2D eigenvalue weighted by molar-refractivity contribution is -0.0152. The van der Waals surface area contributed by atoms with Gasteiger partial charge in [0, 0.05) is 25.3 Å². The Labute approximate surface area is 193 Å². The molecular formula is C25H29NO7. The SMILES string of the molecule is COc1cc(C(=O)O[C@H]2C[C@H]3C[C@H](OC(=O)c4ccccc4)[C@@H](C2)N3C)cc(OC)c1OC. The highest BCUT2D eigenvalue weighted by molar-refractivity contribution is 5.91. The number of esters is 2. The first-order chi connectivity index (χ1) is 15.9. The zero-order valence-corrected chi connectivity index (χ0v) is 19.3. The van der Waals surface area contributed by atoms with Crippen molar-refractivity contribution in [1.29, 1.82) is 0 Å². The maximum absolute atomic E-state index is 12.9. The average molecular weight is 456 g/mol. The number of carbonyl (C=O) groups excluding carboxylic acids is 2. The number of hydrogen-bond donors (Lipinski definition) is 0. The second-order valence-corrected chi connectivity index (χ2v) is 8.34. The van der Waals surface area contributed by atoms with E-state index in [-0.39, 0.29) is 30.3 Å². The van der Waals surface area contributed by atoms with Crippen molar-refractivity contribution in [2.75, 3.05) is 28.4 Å². The van der Waals surface area contributed by atoms with Crippen LogP contribution >= 0.6 is 0 Å². The molecule has 33 heavy (non-hydrogen) atoms. The standard InChI is InChI=1S/C25H29NO7/c1-26-17-12-18(14-19(26)20(13-17)33-24(27)15-8-6-5-7-9-15)32-25(28)16-10-21(29-2)23(31-4)22(11-16)30-3/h5-11,17-20H,12-14H2,1-4H3/t17-,18-,19+,20-/m0/s1. The molecule has 8 nitrogen and oxygen atoms in total. The van der Waals surface area contributed by atoms with E-state index in [4.69, 9.17) is 23.7 Å². The van der Waals surface area contributed by atoms with Gasteiger partial charge in [-0.2, -0.15) is 0 Å². The Balaban J connectivity index is 1.44. The van der Waals surface area contributed by atoms with Gasteiger partial charge in [0.05, 0.1) is 38.5 Å². The van der Waals surface area contributed by atoms with Crippen LogP contribution < -0.4 is 14.2 Å². The molecule has 2 aliphatic heterocycles. The van der Waals surface area contributed by atoms with Crippen molar-refractivity contribution in [3.8, 4) is 17.2 Å². The molecule has 2 fully saturated rings. The Morgan fingerprint density at radius 3 is 2.06 bits per heavy atom. The second-order valence-electron chi connectivity index (χ2n) is 8.34. The molecule has 2 bridgehead atoms. The van der Waals surface area contributed by atoms with E-state index in [2.05, 4.69) is 4.90 Å². The lowest BCUT2D eigenvalue weighted by Gasteiger charge is -2.36. The molecule has 0 spiro atoms. The predicted molar refractivity (Wildman–Crippen MR) is 120 cm³/mol. The van der Waals surface area contributed by atoms with Crippen molar-refractivity contribution in [2.45, 2.75) is 43.6 Å². The fourth-order valence-electron chi connectivity index (χ4n) is 4.80. The number of carbonyl (C=O) groups is 2. The minimum atomic E-state index is -0.457. The van der Waals surface area contributed by atoms with E-state index in [9.17, 15) is 9.59 Å². The molecule has 2 heterocycles. The van der Waals surface area contributed by atoms with Gasteiger partial charge in [-0.1, -0.05) is 18.2 Å². The maximum atomic E-state index is 12.9. The van der Waals surface area contributed by atoms with Gasteiger partial charge in [-0.25, -0.2) is 9.59 Å². The first kappa shape index (κ1) is 22.9. The van der Waals surface area contributed by atoms with Gasteiger partial charge in [0.25, 0.3) is 0 Å². The molecular weight excluding hydrogens is 426 g/mol. The molecule has 2 aromatic carbocycles. The van der Waals surface area contributed by atoms with E-state index >= 15 is 0 Å². The molecule has 4 rings (SSSR count). The number of methoxy groups -OCH3 is 3. The molecule has 2 aromatic rings. The van der Waals surface area contributed by atoms with Crippen molar-refractivity contribution >= 4 is 11.9 Å². The molecule has 2 saturated heterocycles. The van der Waals surface area contributed by atoms with Crippen molar-refractivity contribution < 1.29 is 33.3 Å². The molecule has 0 radical (unpaired) electrons. The summed E-state index contributed by atoms with van der Waals surface area (Å²) >= 11 is 0. The molecule has 0 aromatic heterocycles. The van der Waals surface area contributed by atoms with Crippen LogP contribution in [-0.2, 0) is 9.47 Å². The molecule has 0 amide bonds.